The largest absolute Gasteiger partial charge is 0.598 e. The first-order valence-electron chi connectivity index (χ1n) is 13.0. The second-order valence-corrected chi connectivity index (χ2v) is 12.2. The fourth-order valence-corrected chi connectivity index (χ4v) is 4.81. The predicted octanol–water partition coefficient (Wildman–Crippen LogP) is 6.02. The van der Waals surface area contributed by atoms with Crippen LogP contribution in [0.25, 0.3) is 22.1 Å². The molecule has 0 radical (unpaired) electrons. The average molecular weight is 587 g/mol. The van der Waals surface area contributed by atoms with Crippen LogP contribution in [-0.4, -0.2) is 34.0 Å². The van der Waals surface area contributed by atoms with E-state index >= 15 is 4.39 Å². The third-order valence-electron chi connectivity index (χ3n) is 6.13. The zero-order chi connectivity index (χ0) is 29.7. The zero-order valence-corrected chi connectivity index (χ0v) is 24.3. The van der Waals surface area contributed by atoms with Gasteiger partial charge in [-0.15, -0.1) is 4.72 Å². The molecule has 0 aliphatic rings. The number of nitrogens with zero attached hydrogens (tertiary/aromatic N) is 1. The monoisotopic (exact) mass is 586 g/mol. The summed E-state index contributed by atoms with van der Waals surface area (Å²) in [6.45, 7) is 7.35. The second kappa shape index (κ2) is 12.9. The number of methoxy groups -OCH3 is 1. The Hall–Kier alpha value is -3.67. The molecular formula is C30H32F2N2O6S. The maximum absolute atomic E-state index is 15.7. The van der Waals surface area contributed by atoms with Crippen LogP contribution in [0.4, 0.5) is 8.78 Å². The molecule has 4 rings (SSSR count). The van der Waals surface area contributed by atoms with Crippen LogP contribution in [0.3, 0.4) is 0 Å². The lowest BCUT2D eigenvalue weighted by atomic mass is 10.00. The molecule has 8 nitrogen and oxygen atoms in total. The molecule has 0 bridgehead atoms. The van der Waals surface area contributed by atoms with E-state index in [1.165, 1.54) is 25.4 Å². The van der Waals surface area contributed by atoms with Gasteiger partial charge in [0, 0.05) is 51.8 Å². The van der Waals surface area contributed by atoms with E-state index in [2.05, 4.69) is 9.71 Å². The van der Waals surface area contributed by atoms with Crippen LogP contribution in [0.5, 0.6) is 11.5 Å². The van der Waals surface area contributed by atoms with Crippen molar-refractivity contribution in [3.05, 3.63) is 77.3 Å². The fourth-order valence-electron chi connectivity index (χ4n) is 4.11. The third-order valence-corrected chi connectivity index (χ3v) is 7.65. The van der Waals surface area contributed by atoms with E-state index in [1.807, 2.05) is 0 Å². The van der Waals surface area contributed by atoms with Crippen molar-refractivity contribution in [3.8, 4) is 22.6 Å². The Kier molecular flexibility index (Phi) is 9.52. The van der Waals surface area contributed by atoms with Crippen molar-refractivity contribution in [2.45, 2.75) is 52.0 Å². The molecule has 1 atom stereocenters. The Labute approximate surface area is 240 Å². The molecule has 0 amide bonds. The molecule has 2 aromatic heterocycles. The molecule has 0 fully saturated rings. The number of rotatable bonds is 11. The summed E-state index contributed by atoms with van der Waals surface area (Å²) in [5.74, 6) is -0.0998. The molecular weight excluding hydrogens is 554 g/mol. The molecule has 0 aliphatic carbocycles. The summed E-state index contributed by atoms with van der Waals surface area (Å²) in [6.07, 6.45) is 1.44. The van der Waals surface area contributed by atoms with Crippen LogP contribution >= 0.6 is 0 Å². The molecule has 0 saturated carbocycles. The number of nitrogens with one attached hydrogen (secondary N) is 1. The van der Waals surface area contributed by atoms with Crippen LogP contribution in [0.1, 0.15) is 44.5 Å². The van der Waals surface area contributed by atoms with Gasteiger partial charge in [0.1, 0.15) is 28.4 Å². The van der Waals surface area contributed by atoms with E-state index in [9.17, 15) is 13.7 Å². The minimum Gasteiger partial charge on any atom is -0.598 e. The van der Waals surface area contributed by atoms with Gasteiger partial charge in [0.15, 0.2) is 5.82 Å². The zero-order valence-electron chi connectivity index (χ0n) is 23.5. The highest BCUT2D eigenvalue weighted by Crippen LogP contribution is 2.35. The quantitative estimate of drug-likeness (QED) is 0.168. The number of pyridine rings is 1. The first-order valence-corrected chi connectivity index (χ1v) is 14.1. The number of ether oxygens (including phenoxy) is 3. The number of carbonyl (C=O) groups excluding carboxylic acids is 1. The van der Waals surface area contributed by atoms with Gasteiger partial charge in [-0.3, -0.25) is 9.78 Å². The van der Waals surface area contributed by atoms with Gasteiger partial charge in [-0.25, -0.2) is 4.39 Å². The molecule has 0 saturated heterocycles. The van der Waals surface area contributed by atoms with E-state index in [-0.39, 0.29) is 43.0 Å². The normalized spacial score (nSPS) is 12.4. The van der Waals surface area contributed by atoms with E-state index in [1.54, 1.807) is 58.0 Å². The van der Waals surface area contributed by atoms with Gasteiger partial charge in [-0.05, 0) is 57.5 Å². The summed E-state index contributed by atoms with van der Waals surface area (Å²) in [6, 6.07) is 10.3. The maximum Gasteiger partial charge on any atom is 0.310 e. The minimum atomic E-state index is -1.43. The Morgan fingerprint density at radius 3 is 2.61 bits per heavy atom. The maximum atomic E-state index is 15.7. The lowest BCUT2D eigenvalue weighted by Crippen LogP contribution is -2.39. The number of hydrogen-bond donors (Lipinski definition) is 1. The summed E-state index contributed by atoms with van der Waals surface area (Å²) in [4.78, 5) is 16.2. The van der Waals surface area contributed by atoms with E-state index in [0.29, 0.717) is 33.6 Å². The molecule has 2 aromatic carbocycles. The first-order chi connectivity index (χ1) is 19.5. The fraction of sp³-hybridized carbons (Fsp3) is 0.333. The number of carbonyl (C=O) groups is 1. The number of halogens is 2. The minimum absolute atomic E-state index is 0.00341. The molecule has 1 unspecified atom stereocenters. The van der Waals surface area contributed by atoms with Gasteiger partial charge in [0.05, 0.1) is 32.4 Å². The summed E-state index contributed by atoms with van der Waals surface area (Å²) in [5, 5.41) is 0.417. The molecule has 218 valence electrons. The van der Waals surface area contributed by atoms with E-state index in [4.69, 9.17) is 18.6 Å². The van der Waals surface area contributed by atoms with Gasteiger partial charge in [-0.1, -0.05) is 6.07 Å². The second-order valence-electron chi connectivity index (χ2n) is 10.2. The van der Waals surface area contributed by atoms with Crippen molar-refractivity contribution in [2.24, 2.45) is 0 Å². The molecule has 1 N–H and O–H groups in total. The Balaban J connectivity index is 1.66. The topological polar surface area (TPSA) is 106 Å². The number of aromatic nitrogens is 1. The van der Waals surface area contributed by atoms with Crippen molar-refractivity contribution < 1.29 is 36.8 Å². The average Bonchev–Trinajstić information content (AvgIpc) is 3.31. The van der Waals surface area contributed by atoms with Crippen LogP contribution in [0.2, 0.25) is 0 Å². The molecule has 0 aliphatic heterocycles. The van der Waals surface area contributed by atoms with Crippen molar-refractivity contribution in [3.63, 3.8) is 0 Å². The number of esters is 1. The SMILES string of the molecule is CCOC(=O)Cc1ccc(OC)cc1OCc1cc(-c2ccnc(CN[S+]([O-])C(C)(C)C)c2F)c2oc(F)cc2c1. The van der Waals surface area contributed by atoms with Crippen molar-refractivity contribution in [2.75, 3.05) is 13.7 Å². The number of fused-ring (bicyclic) bond motifs is 1. The van der Waals surface area contributed by atoms with E-state index < -0.39 is 33.9 Å². The lowest BCUT2D eigenvalue weighted by molar-refractivity contribution is -0.142. The molecule has 41 heavy (non-hydrogen) atoms. The molecule has 0 spiro atoms. The van der Waals surface area contributed by atoms with Gasteiger partial charge < -0.3 is 23.2 Å². The Morgan fingerprint density at radius 2 is 1.90 bits per heavy atom. The Bertz CT molecular complexity index is 1540. The van der Waals surface area contributed by atoms with Crippen LogP contribution in [0, 0.1) is 11.8 Å². The van der Waals surface area contributed by atoms with Crippen LogP contribution in [-0.2, 0) is 40.5 Å². The van der Waals surface area contributed by atoms with E-state index in [0.717, 1.165) is 0 Å². The van der Waals surface area contributed by atoms with Gasteiger partial charge in [-0.2, -0.15) is 4.39 Å². The van der Waals surface area contributed by atoms with Crippen molar-refractivity contribution in [1.82, 2.24) is 9.71 Å². The summed E-state index contributed by atoms with van der Waals surface area (Å²) in [5.41, 5.74) is 1.87. The summed E-state index contributed by atoms with van der Waals surface area (Å²) >= 11 is -1.43. The lowest BCUT2D eigenvalue weighted by Gasteiger charge is -2.23. The van der Waals surface area contributed by atoms with Crippen LogP contribution in [0.15, 0.2) is 53.1 Å². The highest BCUT2D eigenvalue weighted by molar-refractivity contribution is 7.90. The number of hydrogen-bond acceptors (Lipinski definition) is 8. The number of furan rings is 1. The summed E-state index contributed by atoms with van der Waals surface area (Å²) < 4.78 is 66.4. The van der Waals surface area contributed by atoms with Gasteiger partial charge >= 0.3 is 5.97 Å². The summed E-state index contributed by atoms with van der Waals surface area (Å²) in [7, 11) is 1.52. The smallest absolute Gasteiger partial charge is 0.310 e. The predicted molar refractivity (Wildman–Crippen MR) is 152 cm³/mol. The molecule has 4 aromatic rings. The van der Waals surface area contributed by atoms with Gasteiger partial charge in [0.2, 0.25) is 0 Å². The highest BCUT2D eigenvalue weighted by atomic mass is 32.2. The van der Waals surface area contributed by atoms with Crippen LogP contribution < -0.4 is 14.2 Å². The van der Waals surface area contributed by atoms with Gasteiger partial charge in [0.25, 0.3) is 6.01 Å². The first kappa shape index (κ1) is 30.3. The molecule has 11 heteroatoms. The molecule has 2 heterocycles. The van der Waals surface area contributed by atoms with Crippen molar-refractivity contribution >= 4 is 28.3 Å². The highest BCUT2D eigenvalue weighted by Gasteiger charge is 2.27. The van der Waals surface area contributed by atoms with Crippen molar-refractivity contribution in [1.29, 1.82) is 0 Å². The number of benzene rings is 2. The Morgan fingerprint density at radius 1 is 1.12 bits per heavy atom. The standard InChI is InChI=1S/C30H32F2N2O6S/c1-6-38-27(35)14-19-7-8-21(37-5)15-25(19)39-17-18-11-20-13-26(31)40-29(20)23(12-18)22-9-10-33-24(28(22)32)16-34-41(36)30(2,3)4/h7-13,15,34H,6,14,16-17H2,1-5H3. The third kappa shape index (κ3) is 7.35.